The van der Waals surface area contributed by atoms with Crippen LogP contribution >= 0.6 is 0 Å². The fourth-order valence-corrected chi connectivity index (χ4v) is 1.86. The van der Waals surface area contributed by atoms with Crippen molar-refractivity contribution < 1.29 is 9.84 Å². The zero-order chi connectivity index (χ0) is 13.7. The standard InChI is InChI=1S/C16H19NO2/c1-17(2)11-14-5-3-4-6-16(14)19-15-9-7-13(12-18)8-10-15/h3-10,18H,11-12H2,1-2H3. The molecule has 0 saturated carbocycles. The van der Waals surface area contributed by atoms with Gasteiger partial charge in [0.05, 0.1) is 6.61 Å². The molecule has 0 aromatic heterocycles. The first kappa shape index (κ1) is 13.6. The van der Waals surface area contributed by atoms with E-state index in [9.17, 15) is 0 Å². The maximum atomic E-state index is 9.02. The summed E-state index contributed by atoms with van der Waals surface area (Å²) in [5.41, 5.74) is 2.03. The molecule has 0 unspecified atom stereocenters. The highest BCUT2D eigenvalue weighted by Gasteiger charge is 2.05. The molecule has 2 aromatic rings. The molecule has 0 aliphatic carbocycles. The van der Waals surface area contributed by atoms with Gasteiger partial charge in [-0.3, -0.25) is 0 Å². The minimum Gasteiger partial charge on any atom is -0.457 e. The summed E-state index contributed by atoms with van der Waals surface area (Å²) in [5, 5.41) is 9.02. The maximum absolute atomic E-state index is 9.02. The smallest absolute Gasteiger partial charge is 0.131 e. The van der Waals surface area contributed by atoms with Crippen molar-refractivity contribution in [1.82, 2.24) is 4.90 Å². The van der Waals surface area contributed by atoms with Gasteiger partial charge in [-0.15, -0.1) is 0 Å². The lowest BCUT2D eigenvalue weighted by molar-refractivity contribution is 0.281. The Labute approximate surface area is 114 Å². The van der Waals surface area contributed by atoms with E-state index < -0.39 is 0 Å². The lowest BCUT2D eigenvalue weighted by Crippen LogP contribution is -2.11. The number of nitrogens with zero attached hydrogens (tertiary/aromatic N) is 1. The molecule has 0 atom stereocenters. The van der Waals surface area contributed by atoms with Crippen LogP contribution in [0.2, 0.25) is 0 Å². The number of ether oxygens (including phenoxy) is 1. The maximum Gasteiger partial charge on any atom is 0.131 e. The zero-order valence-electron chi connectivity index (χ0n) is 11.3. The Morgan fingerprint density at radius 3 is 2.32 bits per heavy atom. The second kappa shape index (κ2) is 6.36. The van der Waals surface area contributed by atoms with Crippen LogP contribution in [-0.2, 0) is 13.2 Å². The van der Waals surface area contributed by atoms with Gasteiger partial charge in [-0.05, 0) is 37.9 Å². The first-order chi connectivity index (χ1) is 9.19. The summed E-state index contributed by atoms with van der Waals surface area (Å²) in [5.74, 6) is 1.65. The van der Waals surface area contributed by atoms with Crippen LogP contribution in [0.4, 0.5) is 0 Å². The molecular formula is C16H19NO2. The number of rotatable bonds is 5. The summed E-state index contributed by atoms with van der Waals surface area (Å²) in [6.07, 6.45) is 0. The molecule has 100 valence electrons. The molecule has 19 heavy (non-hydrogen) atoms. The Morgan fingerprint density at radius 2 is 1.68 bits per heavy atom. The van der Waals surface area contributed by atoms with E-state index in [1.165, 1.54) is 0 Å². The van der Waals surface area contributed by atoms with Crippen molar-refractivity contribution in [2.75, 3.05) is 14.1 Å². The van der Waals surface area contributed by atoms with Gasteiger partial charge in [0.15, 0.2) is 0 Å². The van der Waals surface area contributed by atoms with Gasteiger partial charge in [0.2, 0.25) is 0 Å². The van der Waals surface area contributed by atoms with Crippen molar-refractivity contribution in [2.24, 2.45) is 0 Å². The average Bonchev–Trinajstić information content (AvgIpc) is 2.41. The van der Waals surface area contributed by atoms with E-state index >= 15 is 0 Å². The van der Waals surface area contributed by atoms with Gasteiger partial charge in [-0.25, -0.2) is 0 Å². The summed E-state index contributed by atoms with van der Waals surface area (Å²) in [4.78, 5) is 2.11. The molecule has 2 rings (SSSR count). The Bertz CT molecular complexity index is 521. The predicted molar refractivity (Wildman–Crippen MR) is 76.3 cm³/mol. The molecule has 0 amide bonds. The van der Waals surface area contributed by atoms with Crippen LogP contribution in [0.5, 0.6) is 11.5 Å². The monoisotopic (exact) mass is 257 g/mol. The SMILES string of the molecule is CN(C)Cc1ccccc1Oc1ccc(CO)cc1. The molecule has 3 heteroatoms. The van der Waals surface area contributed by atoms with E-state index in [4.69, 9.17) is 9.84 Å². The summed E-state index contributed by atoms with van der Waals surface area (Å²) in [6, 6.07) is 15.5. The van der Waals surface area contributed by atoms with Gasteiger partial charge < -0.3 is 14.7 Å². The lowest BCUT2D eigenvalue weighted by atomic mass is 10.2. The van der Waals surface area contributed by atoms with Crippen LogP contribution in [0.3, 0.4) is 0 Å². The van der Waals surface area contributed by atoms with Gasteiger partial charge in [0.25, 0.3) is 0 Å². The number of aliphatic hydroxyl groups is 1. The van der Waals surface area contributed by atoms with E-state index in [-0.39, 0.29) is 6.61 Å². The molecule has 0 aliphatic rings. The van der Waals surface area contributed by atoms with Crippen LogP contribution < -0.4 is 4.74 Å². The third-order valence-electron chi connectivity index (χ3n) is 2.79. The van der Waals surface area contributed by atoms with Gasteiger partial charge in [-0.1, -0.05) is 30.3 Å². The van der Waals surface area contributed by atoms with Crippen LogP contribution in [0.25, 0.3) is 0 Å². The van der Waals surface area contributed by atoms with Gasteiger partial charge >= 0.3 is 0 Å². The predicted octanol–water partition coefficient (Wildman–Crippen LogP) is 3.03. The van der Waals surface area contributed by atoms with Crippen molar-refractivity contribution in [3.8, 4) is 11.5 Å². The molecule has 3 nitrogen and oxygen atoms in total. The minimum absolute atomic E-state index is 0.0531. The van der Waals surface area contributed by atoms with Gasteiger partial charge in [0, 0.05) is 12.1 Å². The van der Waals surface area contributed by atoms with E-state index in [2.05, 4.69) is 11.0 Å². The third kappa shape index (κ3) is 3.81. The Balaban J connectivity index is 2.17. The van der Waals surface area contributed by atoms with Crippen LogP contribution in [0.15, 0.2) is 48.5 Å². The largest absolute Gasteiger partial charge is 0.457 e. The molecule has 0 radical (unpaired) electrons. The highest BCUT2D eigenvalue weighted by Crippen LogP contribution is 2.26. The molecule has 0 bridgehead atoms. The third-order valence-corrected chi connectivity index (χ3v) is 2.79. The first-order valence-corrected chi connectivity index (χ1v) is 6.29. The Hall–Kier alpha value is -1.84. The molecule has 0 aliphatic heterocycles. The quantitative estimate of drug-likeness (QED) is 0.893. The van der Waals surface area contributed by atoms with Crippen LogP contribution in [0.1, 0.15) is 11.1 Å². The Kier molecular flexibility index (Phi) is 4.55. The molecule has 0 fully saturated rings. The average molecular weight is 257 g/mol. The normalized spacial score (nSPS) is 10.7. The van der Waals surface area contributed by atoms with Crippen molar-refractivity contribution in [1.29, 1.82) is 0 Å². The topological polar surface area (TPSA) is 32.7 Å². The second-order valence-electron chi connectivity index (χ2n) is 4.75. The van der Waals surface area contributed by atoms with E-state index in [0.29, 0.717) is 0 Å². The highest BCUT2D eigenvalue weighted by molar-refractivity contribution is 5.38. The fourth-order valence-electron chi connectivity index (χ4n) is 1.86. The minimum atomic E-state index is 0.0531. The van der Waals surface area contributed by atoms with Crippen LogP contribution in [-0.4, -0.2) is 24.1 Å². The van der Waals surface area contributed by atoms with Crippen molar-refractivity contribution in [3.63, 3.8) is 0 Å². The summed E-state index contributed by atoms with van der Waals surface area (Å²) in [7, 11) is 4.07. The highest BCUT2D eigenvalue weighted by atomic mass is 16.5. The lowest BCUT2D eigenvalue weighted by Gasteiger charge is -2.14. The number of para-hydroxylation sites is 1. The summed E-state index contributed by atoms with van der Waals surface area (Å²) >= 11 is 0. The first-order valence-electron chi connectivity index (χ1n) is 6.29. The Morgan fingerprint density at radius 1 is 1.00 bits per heavy atom. The molecular weight excluding hydrogens is 238 g/mol. The molecule has 2 aromatic carbocycles. The fraction of sp³-hybridized carbons (Fsp3) is 0.250. The molecule has 0 heterocycles. The van der Waals surface area contributed by atoms with E-state index in [1.807, 2.05) is 56.6 Å². The summed E-state index contributed by atoms with van der Waals surface area (Å²) < 4.78 is 5.90. The number of hydrogen-bond donors (Lipinski definition) is 1. The van der Waals surface area contributed by atoms with Gasteiger partial charge in [0.1, 0.15) is 11.5 Å². The molecule has 0 spiro atoms. The van der Waals surface area contributed by atoms with Crippen LogP contribution in [0, 0.1) is 0 Å². The number of hydrogen-bond acceptors (Lipinski definition) is 3. The van der Waals surface area contributed by atoms with Crippen molar-refractivity contribution >= 4 is 0 Å². The van der Waals surface area contributed by atoms with E-state index in [1.54, 1.807) is 0 Å². The van der Waals surface area contributed by atoms with Crippen molar-refractivity contribution in [2.45, 2.75) is 13.2 Å². The number of benzene rings is 2. The molecule has 1 N–H and O–H groups in total. The zero-order valence-corrected chi connectivity index (χ0v) is 11.3. The van der Waals surface area contributed by atoms with Gasteiger partial charge in [-0.2, -0.15) is 0 Å². The van der Waals surface area contributed by atoms with E-state index in [0.717, 1.165) is 29.2 Å². The number of aliphatic hydroxyl groups excluding tert-OH is 1. The summed E-state index contributed by atoms with van der Waals surface area (Å²) in [6.45, 7) is 0.891. The van der Waals surface area contributed by atoms with Crippen molar-refractivity contribution in [3.05, 3.63) is 59.7 Å². The molecule has 0 saturated heterocycles. The second-order valence-corrected chi connectivity index (χ2v) is 4.75.